The summed E-state index contributed by atoms with van der Waals surface area (Å²) in [4.78, 5) is 10.1. The Kier molecular flexibility index (Phi) is 2.06. The molecule has 0 aromatic heterocycles. The smallest absolute Gasteiger partial charge is 0.197 e. The molecular formula is C5H8O3. The van der Waals surface area contributed by atoms with Gasteiger partial charge in [-0.25, -0.2) is 0 Å². The minimum atomic E-state index is -0.565. The first-order valence-corrected chi connectivity index (χ1v) is 2.15. The number of allylic oxidation sites excluding steroid dienone is 2. The quantitative estimate of drug-likeness (QED) is 0.395. The number of hydrogen-bond acceptors (Lipinski definition) is 3. The fraction of sp³-hybridized carbons (Fsp3) is 0.400. The van der Waals surface area contributed by atoms with Crippen molar-refractivity contribution in [2.45, 2.75) is 13.8 Å². The number of hydrogen-bond donors (Lipinski definition) is 2. The number of rotatable bonds is 1. The highest BCUT2D eigenvalue weighted by atomic mass is 16.3. The molecule has 0 aromatic carbocycles. The molecule has 0 fully saturated rings. The first kappa shape index (κ1) is 7.01. The number of Topliss-reactive ketones (excluding diaryl/α,β-unsaturated/α-hetero) is 1. The van der Waals surface area contributed by atoms with Crippen LogP contribution in [0.4, 0.5) is 0 Å². The molecule has 0 rings (SSSR count). The molecule has 0 unspecified atom stereocenters. The molecule has 2 N–H and O–H groups in total. The van der Waals surface area contributed by atoms with Gasteiger partial charge in [-0.3, -0.25) is 4.79 Å². The van der Waals surface area contributed by atoms with E-state index in [1.165, 1.54) is 13.8 Å². The zero-order valence-electron chi connectivity index (χ0n) is 4.80. The largest absolute Gasteiger partial charge is 0.509 e. The van der Waals surface area contributed by atoms with Gasteiger partial charge in [-0.05, 0) is 6.92 Å². The summed E-state index contributed by atoms with van der Waals surface area (Å²) < 4.78 is 0. The van der Waals surface area contributed by atoms with Gasteiger partial charge >= 0.3 is 0 Å². The van der Waals surface area contributed by atoms with Crippen molar-refractivity contribution < 1.29 is 15.0 Å². The molecule has 0 aliphatic carbocycles. The standard InChI is InChI=1S/C5H8O3/c1-3(6)5(8)4(2)7/h6,8H,1-2H3/b5-3-. The van der Waals surface area contributed by atoms with E-state index in [4.69, 9.17) is 10.2 Å². The molecule has 0 spiro atoms. The Bertz CT molecular complexity index is 131. The maximum Gasteiger partial charge on any atom is 0.197 e. The number of carbonyl (C=O) groups is 1. The molecule has 3 heteroatoms. The zero-order valence-corrected chi connectivity index (χ0v) is 4.80. The second-order valence-electron chi connectivity index (χ2n) is 1.49. The average molecular weight is 116 g/mol. The van der Waals surface area contributed by atoms with E-state index < -0.39 is 11.5 Å². The van der Waals surface area contributed by atoms with Crippen LogP contribution in [-0.2, 0) is 4.79 Å². The van der Waals surface area contributed by atoms with Crippen LogP contribution >= 0.6 is 0 Å². The van der Waals surface area contributed by atoms with Crippen LogP contribution in [0, 0.1) is 0 Å². The Hall–Kier alpha value is -0.990. The van der Waals surface area contributed by atoms with E-state index in [1.54, 1.807) is 0 Å². The predicted octanol–water partition coefficient (Wildman–Crippen LogP) is 0.923. The van der Waals surface area contributed by atoms with E-state index in [9.17, 15) is 4.79 Å². The van der Waals surface area contributed by atoms with E-state index in [-0.39, 0.29) is 5.76 Å². The van der Waals surface area contributed by atoms with E-state index in [0.29, 0.717) is 0 Å². The van der Waals surface area contributed by atoms with Crippen molar-refractivity contribution in [2.75, 3.05) is 0 Å². The molecule has 0 atom stereocenters. The topological polar surface area (TPSA) is 57.5 Å². The van der Waals surface area contributed by atoms with Crippen molar-refractivity contribution in [3.05, 3.63) is 11.5 Å². The highest BCUT2D eigenvalue weighted by molar-refractivity contribution is 5.90. The molecule has 46 valence electrons. The Morgan fingerprint density at radius 2 is 1.62 bits per heavy atom. The number of carbonyl (C=O) groups excluding carboxylic acids is 1. The fourth-order valence-electron chi connectivity index (χ4n) is 0.255. The third-order valence-corrected chi connectivity index (χ3v) is 0.676. The predicted molar refractivity (Wildman–Crippen MR) is 28.6 cm³/mol. The summed E-state index contributed by atoms with van der Waals surface area (Å²) in [5.41, 5.74) is 0. The van der Waals surface area contributed by atoms with Crippen molar-refractivity contribution >= 4 is 5.78 Å². The Morgan fingerprint density at radius 1 is 1.25 bits per heavy atom. The lowest BCUT2D eigenvalue weighted by Gasteiger charge is -1.91. The van der Waals surface area contributed by atoms with E-state index >= 15 is 0 Å². The van der Waals surface area contributed by atoms with Crippen LogP contribution in [0.3, 0.4) is 0 Å². The lowest BCUT2D eigenvalue weighted by atomic mass is 10.3. The summed E-state index contributed by atoms with van der Waals surface area (Å²) in [5, 5.41) is 16.9. The molecule has 8 heavy (non-hydrogen) atoms. The monoisotopic (exact) mass is 116 g/mol. The van der Waals surface area contributed by atoms with Crippen molar-refractivity contribution in [1.29, 1.82) is 0 Å². The summed E-state index contributed by atoms with van der Waals surface area (Å²) in [7, 11) is 0. The Morgan fingerprint density at radius 3 is 1.62 bits per heavy atom. The van der Waals surface area contributed by atoms with Gasteiger partial charge in [-0.1, -0.05) is 0 Å². The van der Waals surface area contributed by atoms with Crippen molar-refractivity contribution in [3.8, 4) is 0 Å². The van der Waals surface area contributed by atoms with Crippen molar-refractivity contribution in [3.63, 3.8) is 0 Å². The van der Waals surface area contributed by atoms with Gasteiger partial charge in [0.25, 0.3) is 0 Å². The molecule has 0 aromatic rings. The van der Waals surface area contributed by atoms with Gasteiger partial charge in [-0.2, -0.15) is 0 Å². The first-order chi connectivity index (χ1) is 3.55. The summed E-state index contributed by atoms with van der Waals surface area (Å²) in [6.07, 6.45) is 0. The summed E-state index contributed by atoms with van der Waals surface area (Å²) >= 11 is 0. The van der Waals surface area contributed by atoms with Crippen molar-refractivity contribution in [2.24, 2.45) is 0 Å². The normalized spacial score (nSPS) is 12.8. The fourth-order valence-corrected chi connectivity index (χ4v) is 0.255. The maximum atomic E-state index is 10.1. The van der Waals surface area contributed by atoms with Gasteiger partial charge in [0.1, 0.15) is 5.76 Å². The van der Waals surface area contributed by atoms with Gasteiger partial charge in [0, 0.05) is 6.92 Å². The number of aliphatic hydroxyl groups excluding tert-OH is 2. The molecule has 0 saturated heterocycles. The second kappa shape index (κ2) is 2.35. The molecule has 0 saturated carbocycles. The van der Waals surface area contributed by atoms with Crippen LogP contribution in [0.25, 0.3) is 0 Å². The van der Waals surface area contributed by atoms with Gasteiger partial charge in [0.2, 0.25) is 0 Å². The summed E-state index contributed by atoms with van der Waals surface area (Å²) in [6, 6.07) is 0. The van der Waals surface area contributed by atoms with Crippen molar-refractivity contribution in [1.82, 2.24) is 0 Å². The number of ketones is 1. The highest BCUT2D eigenvalue weighted by Crippen LogP contribution is 1.95. The summed E-state index contributed by atoms with van der Waals surface area (Å²) in [5.74, 6) is -1.42. The van der Waals surface area contributed by atoms with Gasteiger partial charge in [0.15, 0.2) is 11.5 Å². The lowest BCUT2D eigenvalue weighted by molar-refractivity contribution is -0.116. The highest BCUT2D eigenvalue weighted by Gasteiger charge is 2.01. The van der Waals surface area contributed by atoms with E-state index in [0.717, 1.165) is 0 Å². The minimum Gasteiger partial charge on any atom is -0.509 e. The SMILES string of the molecule is CC(=O)/C(O)=C(\C)O. The van der Waals surface area contributed by atoms with Gasteiger partial charge in [-0.15, -0.1) is 0 Å². The molecule has 0 radical (unpaired) electrons. The number of aliphatic hydroxyl groups is 2. The molecule has 3 nitrogen and oxygen atoms in total. The summed E-state index contributed by atoms with van der Waals surface area (Å²) in [6.45, 7) is 2.42. The van der Waals surface area contributed by atoms with Crippen LogP contribution in [-0.4, -0.2) is 16.0 Å². The molecule has 0 aliphatic heterocycles. The van der Waals surface area contributed by atoms with Gasteiger partial charge in [0.05, 0.1) is 0 Å². The lowest BCUT2D eigenvalue weighted by Crippen LogP contribution is -1.97. The first-order valence-electron chi connectivity index (χ1n) is 2.15. The van der Waals surface area contributed by atoms with Crippen LogP contribution in [0.5, 0.6) is 0 Å². The Balaban J connectivity index is 4.23. The van der Waals surface area contributed by atoms with Crippen LogP contribution < -0.4 is 0 Å². The molecule has 0 heterocycles. The second-order valence-corrected chi connectivity index (χ2v) is 1.49. The molecular weight excluding hydrogens is 108 g/mol. The van der Waals surface area contributed by atoms with Crippen LogP contribution in [0.2, 0.25) is 0 Å². The Labute approximate surface area is 47.3 Å². The minimum absolute atomic E-state index is 0.336. The van der Waals surface area contributed by atoms with Crippen LogP contribution in [0.15, 0.2) is 11.5 Å². The average Bonchev–Trinajstić information content (AvgIpc) is 1.64. The zero-order chi connectivity index (χ0) is 6.73. The third kappa shape index (κ3) is 1.64. The van der Waals surface area contributed by atoms with Crippen LogP contribution in [0.1, 0.15) is 13.8 Å². The molecule has 0 aliphatic rings. The molecule has 0 bridgehead atoms. The third-order valence-electron chi connectivity index (χ3n) is 0.676. The maximum absolute atomic E-state index is 10.1. The molecule has 0 amide bonds. The van der Waals surface area contributed by atoms with E-state index in [2.05, 4.69) is 0 Å². The van der Waals surface area contributed by atoms with E-state index in [1.807, 2.05) is 0 Å². The van der Waals surface area contributed by atoms with Gasteiger partial charge < -0.3 is 10.2 Å².